The SMILES string of the molecule is CC(C)(C)C(=O)C(C(=O)Nc1cc(C(=O)O)ccc1Cl)n1nc2ccc(C(=O)Oc3ccccc3)cc2n1. The zero-order valence-corrected chi connectivity index (χ0v) is 21.4. The Kier molecular flexibility index (Phi) is 7.27. The molecule has 10 nitrogen and oxygen atoms in total. The summed E-state index contributed by atoms with van der Waals surface area (Å²) in [5, 5.41) is 20.5. The summed E-state index contributed by atoms with van der Waals surface area (Å²) in [7, 11) is 0. The van der Waals surface area contributed by atoms with Crippen molar-refractivity contribution in [3.8, 4) is 5.75 Å². The summed E-state index contributed by atoms with van der Waals surface area (Å²) in [5.74, 6) is -2.75. The Morgan fingerprint density at radius 2 is 1.58 bits per heavy atom. The first-order valence-electron chi connectivity index (χ1n) is 11.5. The number of esters is 1. The number of anilines is 1. The first kappa shape index (κ1) is 26.5. The lowest BCUT2D eigenvalue weighted by Gasteiger charge is -2.23. The fourth-order valence-corrected chi connectivity index (χ4v) is 3.69. The molecule has 1 heterocycles. The van der Waals surface area contributed by atoms with Crippen molar-refractivity contribution in [1.29, 1.82) is 0 Å². The molecule has 38 heavy (non-hydrogen) atoms. The highest BCUT2D eigenvalue weighted by molar-refractivity contribution is 6.34. The molecule has 1 amide bonds. The lowest BCUT2D eigenvalue weighted by atomic mass is 9.86. The Morgan fingerprint density at radius 3 is 2.24 bits per heavy atom. The second-order valence-electron chi connectivity index (χ2n) is 9.43. The van der Waals surface area contributed by atoms with Crippen LogP contribution in [0.25, 0.3) is 11.0 Å². The van der Waals surface area contributed by atoms with Gasteiger partial charge in [-0.2, -0.15) is 15.0 Å². The zero-order chi connectivity index (χ0) is 27.6. The van der Waals surface area contributed by atoms with E-state index >= 15 is 0 Å². The molecule has 1 aromatic heterocycles. The van der Waals surface area contributed by atoms with Crippen LogP contribution in [0.15, 0.2) is 66.7 Å². The van der Waals surface area contributed by atoms with E-state index in [0.717, 1.165) is 4.80 Å². The third-order valence-electron chi connectivity index (χ3n) is 5.52. The Labute approximate surface area is 222 Å². The molecular weight excluding hydrogens is 512 g/mol. The number of para-hydroxylation sites is 1. The number of carbonyl (C=O) groups is 4. The van der Waals surface area contributed by atoms with E-state index in [1.165, 1.54) is 36.4 Å². The van der Waals surface area contributed by atoms with Crippen LogP contribution in [0.3, 0.4) is 0 Å². The molecule has 0 aliphatic rings. The monoisotopic (exact) mass is 534 g/mol. The summed E-state index contributed by atoms with van der Waals surface area (Å²) < 4.78 is 5.36. The van der Waals surface area contributed by atoms with Crippen LogP contribution in [0.2, 0.25) is 5.02 Å². The fraction of sp³-hybridized carbons (Fsp3) is 0.185. The fourth-order valence-electron chi connectivity index (χ4n) is 3.52. The Bertz CT molecular complexity index is 1560. The molecule has 4 rings (SSSR count). The largest absolute Gasteiger partial charge is 0.478 e. The van der Waals surface area contributed by atoms with Crippen molar-refractivity contribution in [1.82, 2.24) is 15.0 Å². The lowest BCUT2D eigenvalue weighted by molar-refractivity contribution is -0.136. The molecule has 3 aromatic carbocycles. The van der Waals surface area contributed by atoms with Gasteiger partial charge in [0, 0.05) is 5.41 Å². The predicted octanol–water partition coefficient (Wildman–Crippen LogP) is 4.80. The van der Waals surface area contributed by atoms with Gasteiger partial charge in [-0.3, -0.25) is 9.59 Å². The molecule has 0 saturated heterocycles. The van der Waals surface area contributed by atoms with Crippen molar-refractivity contribution >= 4 is 52.0 Å². The number of carbonyl (C=O) groups excluding carboxylic acids is 3. The first-order valence-corrected chi connectivity index (χ1v) is 11.8. The Hall–Kier alpha value is -4.57. The standard InChI is InChI=1S/C27H23ClN4O6/c1-27(2,3)23(33)22(24(34)29-20-13-15(25(35)36)9-11-18(20)28)32-30-19-12-10-16(14-21(19)31-32)26(37)38-17-7-5-4-6-8-17/h4-14,22H,1-3H3,(H,29,34)(H,35,36). The molecule has 4 aromatic rings. The molecule has 0 spiro atoms. The van der Waals surface area contributed by atoms with E-state index in [1.807, 2.05) is 0 Å². The van der Waals surface area contributed by atoms with E-state index in [9.17, 15) is 24.3 Å². The van der Waals surface area contributed by atoms with Crippen LogP contribution in [0.5, 0.6) is 5.75 Å². The third-order valence-corrected chi connectivity index (χ3v) is 5.85. The highest BCUT2D eigenvalue weighted by Crippen LogP contribution is 2.28. The predicted molar refractivity (Wildman–Crippen MR) is 139 cm³/mol. The topological polar surface area (TPSA) is 140 Å². The normalized spacial score (nSPS) is 12.1. The number of nitrogens with one attached hydrogen (secondary N) is 1. The minimum atomic E-state index is -1.51. The maximum absolute atomic E-state index is 13.4. The Morgan fingerprint density at radius 1 is 0.921 bits per heavy atom. The second-order valence-corrected chi connectivity index (χ2v) is 9.84. The van der Waals surface area contributed by atoms with Gasteiger partial charge in [0.15, 0.2) is 5.78 Å². The molecular formula is C27H23ClN4O6. The van der Waals surface area contributed by atoms with Crippen LogP contribution >= 0.6 is 11.6 Å². The van der Waals surface area contributed by atoms with Crippen molar-refractivity contribution in [2.75, 3.05) is 5.32 Å². The van der Waals surface area contributed by atoms with Gasteiger partial charge >= 0.3 is 11.9 Å². The number of halogens is 1. The maximum atomic E-state index is 13.4. The minimum Gasteiger partial charge on any atom is -0.478 e. The highest BCUT2D eigenvalue weighted by atomic mass is 35.5. The Balaban J connectivity index is 1.68. The lowest BCUT2D eigenvalue weighted by Crippen LogP contribution is -2.39. The van der Waals surface area contributed by atoms with E-state index in [2.05, 4.69) is 15.5 Å². The molecule has 0 saturated carbocycles. The number of fused-ring (bicyclic) bond motifs is 1. The van der Waals surface area contributed by atoms with Crippen molar-refractivity contribution < 1.29 is 29.0 Å². The van der Waals surface area contributed by atoms with Gasteiger partial charge in [0.25, 0.3) is 5.91 Å². The number of amides is 1. The van der Waals surface area contributed by atoms with Gasteiger partial charge in [-0.1, -0.05) is 50.6 Å². The van der Waals surface area contributed by atoms with Gasteiger partial charge in [0.05, 0.1) is 21.8 Å². The van der Waals surface area contributed by atoms with E-state index in [1.54, 1.807) is 51.1 Å². The summed E-state index contributed by atoms with van der Waals surface area (Å²) in [5.41, 5.74) is -0.232. The minimum absolute atomic E-state index is 0.0194. The second kappa shape index (κ2) is 10.4. The molecule has 0 aliphatic heterocycles. The molecule has 0 aliphatic carbocycles. The van der Waals surface area contributed by atoms with E-state index in [0.29, 0.717) is 11.3 Å². The number of ketones is 1. The van der Waals surface area contributed by atoms with E-state index in [4.69, 9.17) is 16.3 Å². The van der Waals surface area contributed by atoms with Gasteiger partial charge in [-0.05, 0) is 48.5 Å². The van der Waals surface area contributed by atoms with E-state index < -0.39 is 35.1 Å². The molecule has 194 valence electrons. The van der Waals surface area contributed by atoms with Crippen molar-refractivity contribution in [3.05, 3.63) is 82.9 Å². The molecule has 1 atom stereocenters. The summed E-state index contributed by atoms with van der Waals surface area (Å²) in [6.45, 7) is 4.94. The van der Waals surface area contributed by atoms with Gasteiger partial charge < -0.3 is 15.2 Å². The molecule has 0 fully saturated rings. The van der Waals surface area contributed by atoms with E-state index in [-0.39, 0.29) is 27.4 Å². The summed E-state index contributed by atoms with van der Waals surface area (Å²) in [6, 6.07) is 15.4. The maximum Gasteiger partial charge on any atom is 0.343 e. The first-order chi connectivity index (χ1) is 17.9. The number of aromatic carboxylic acids is 1. The number of aromatic nitrogens is 3. The number of carboxylic acids is 1. The summed E-state index contributed by atoms with van der Waals surface area (Å²) in [6.07, 6.45) is 0. The summed E-state index contributed by atoms with van der Waals surface area (Å²) >= 11 is 6.16. The number of benzene rings is 3. The van der Waals surface area contributed by atoms with Crippen molar-refractivity contribution in [3.63, 3.8) is 0 Å². The molecule has 0 bridgehead atoms. The number of hydrogen-bond donors (Lipinski definition) is 2. The highest BCUT2D eigenvalue weighted by Gasteiger charge is 2.38. The van der Waals surface area contributed by atoms with Gasteiger partial charge in [-0.25, -0.2) is 9.59 Å². The van der Waals surface area contributed by atoms with Crippen LogP contribution in [0.1, 0.15) is 47.5 Å². The quantitative estimate of drug-likeness (QED) is 0.196. The number of carboxylic acid groups (broad SMARTS) is 1. The third kappa shape index (κ3) is 5.70. The number of hydrogen-bond acceptors (Lipinski definition) is 7. The van der Waals surface area contributed by atoms with Crippen LogP contribution in [-0.4, -0.2) is 43.7 Å². The number of nitrogens with zero attached hydrogens (tertiary/aromatic N) is 3. The van der Waals surface area contributed by atoms with Crippen LogP contribution < -0.4 is 10.1 Å². The molecule has 2 N–H and O–H groups in total. The number of rotatable bonds is 7. The zero-order valence-electron chi connectivity index (χ0n) is 20.6. The number of Topliss-reactive ketones (excluding diaryl/α,β-unsaturated/α-hetero) is 1. The average molecular weight is 535 g/mol. The molecule has 0 radical (unpaired) electrons. The van der Waals surface area contributed by atoms with Gasteiger partial charge in [-0.15, -0.1) is 0 Å². The van der Waals surface area contributed by atoms with Crippen molar-refractivity contribution in [2.24, 2.45) is 5.41 Å². The molecule has 11 heteroatoms. The van der Waals surface area contributed by atoms with Crippen LogP contribution in [-0.2, 0) is 9.59 Å². The summed E-state index contributed by atoms with van der Waals surface area (Å²) in [4.78, 5) is 51.7. The van der Waals surface area contributed by atoms with Crippen LogP contribution in [0, 0.1) is 5.41 Å². The van der Waals surface area contributed by atoms with Crippen LogP contribution in [0.4, 0.5) is 5.69 Å². The average Bonchev–Trinajstić information content (AvgIpc) is 3.28. The number of ether oxygens (including phenoxy) is 1. The smallest absolute Gasteiger partial charge is 0.343 e. The van der Waals surface area contributed by atoms with Gasteiger partial charge in [0.1, 0.15) is 16.8 Å². The van der Waals surface area contributed by atoms with Crippen molar-refractivity contribution in [2.45, 2.75) is 26.8 Å². The molecule has 1 unspecified atom stereocenters. The van der Waals surface area contributed by atoms with Gasteiger partial charge in [0.2, 0.25) is 6.04 Å².